The van der Waals surface area contributed by atoms with Gasteiger partial charge in [0.2, 0.25) is 6.79 Å². The van der Waals surface area contributed by atoms with E-state index >= 15 is 0 Å². The van der Waals surface area contributed by atoms with Crippen LogP contribution >= 0.6 is 11.6 Å². The maximum Gasteiger partial charge on any atom is 0.231 e. The van der Waals surface area contributed by atoms with Crippen LogP contribution in [-0.4, -0.2) is 18.4 Å². The number of ether oxygens (including phenoxy) is 2. The Kier molecular flexibility index (Phi) is 3.33. The SMILES string of the molecule is NCC1(C(O)c2cc(Cl)c3c(c2)OCO3)CCCC1. The second-order valence-corrected chi connectivity index (χ2v) is 5.82. The van der Waals surface area contributed by atoms with Crippen LogP contribution in [0, 0.1) is 5.41 Å². The van der Waals surface area contributed by atoms with Gasteiger partial charge < -0.3 is 20.3 Å². The molecule has 1 heterocycles. The van der Waals surface area contributed by atoms with Gasteiger partial charge in [-0.05, 0) is 30.5 Å². The van der Waals surface area contributed by atoms with Crippen LogP contribution in [-0.2, 0) is 0 Å². The summed E-state index contributed by atoms with van der Waals surface area (Å²) >= 11 is 6.17. The van der Waals surface area contributed by atoms with Crippen LogP contribution in [0.1, 0.15) is 37.4 Å². The summed E-state index contributed by atoms with van der Waals surface area (Å²) in [6, 6.07) is 3.57. The summed E-state index contributed by atoms with van der Waals surface area (Å²) in [7, 11) is 0. The highest BCUT2D eigenvalue weighted by molar-refractivity contribution is 6.32. The Morgan fingerprint density at radius 2 is 2.05 bits per heavy atom. The smallest absolute Gasteiger partial charge is 0.231 e. The van der Waals surface area contributed by atoms with Crippen LogP contribution in [0.2, 0.25) is 5.02 Å². The Morgan fingerprint density at radius 1 is 1.32 bits per heavy atom. The molecule has 1 aromatic carbocycles. The lowest BCUT2D eigenvalue weighted by atomic mass is 9.77. The molecule has 1 aliphatic heterocycles. The number of aliphatic hydroxyl groups is 1. The second-order valence-electron chi connectivity index (χ2n) is 5.41. The molecule has 0 spiro atoms. The number of rotatable bonds is 3. The zero-order valence-corrected chi connectivity index (χ0v) is 11.4. The molecular formula is C14H18ClNO3. The molecule has 1 aliphatic carbocycles. The van der Waals surface area contributed by atoms with Crippen molar-refractivity contribution in [3.63, 3.8) is 0 Å². The third-order valence-corrected chi connectivity index (χ3v) is 4.63. The van der Waals surface area contributed by atoms with Crippen molar-refractivity contribution < 1.29 is 14.6 Å². The van der Waals surface area contributed by atoms with E-state index in [1.54, 1.807) is 6.07 Å². The molecule has 1 aromatic rings. The molecule has 19 heavy (non-hydrogen) atoms. The summed E-state index contributed by atoms with van der Waals surface area (Å²) in [5.41, 5.74) is 6.45. The molecule has 4 nitrogen and oxygen atoms in total. The molecule has 0 saturated heterocycles. The van der Waals surface area contributed by atoms with Crippen LogP contribution in [0.25, 0.3) is 0 Å². The van der Waals surface area contributed by atoms with Crippen LogP contribution in [0.4, 0.5) is 0 Å². The topological polar surface area (TPSA) is 64.7 Å². The van der Waals surface area contributed by atoms with E-state index in [2.05, 4.69) is 0 Å². The molecule has 104 valence electrons. The average Bonchev–Trinajstić information content (AvgIpc) is 3.07. The van der Waals surface area contributed by atoms with E-state index in [1.807, 2.05) is 6.07 Å². The zero-order valence-electron chi connectivity index (χ0n) is 10.7. The highest BCUT2D eigenvalue weighted by Gasteiger charge is 2.40. The number of benzene rings is 1. The minimum atomic E-state index is -0.605. The fourth-order valence-corrected chi connectivity index (χ4v) is 3.44. The van der Waals surface area contributed by atoms with Crippen molar-refractivity contribution in [2.45, 2.75) is 31.8 Å². The van der Waals surface area contributed by atoms with E-state index in [1.165, 1.54) is 0 Å². The van der Waals surface area contributed by atoms with Gasteiger partial charge in [0.1, 0.15) is 0 Å². The number of fused-ring (bicyclic) bond motifs is 1. The maximum atomic E-state index is 10.7. The first kappa shape index (κ1) is 13.0. The molecule has 3 rings (SSSR count). The predicted molar refractivity (Wildman–Crippen MR) is 72.5 cm³/mol. The molecule has 0 aromatic heterocycles. The van der Waals surface area contributed by atoms with Crippen molar-refractivity contribution >= 4 is 11.6 Å². The third kappa shape index (κ3) is 2.08. The first-order chi connectivity index (χ1) is 9.16. The van der Waals surface area contributed by atoms with Gasteiger partial charge in [-0.25, -0.2) is 0 Å². The minimum absolute atomic E-state index is 0.177. The molecule has 5 heteroatoms. The number of aliphatic hydroxyl groups excluding tert-OH is 1. The molecular weight excluding hydrogens is 266 g/mol. The largest absolute Gasteiger partial charge is 0.454 e. The molecule has 0 radical (unpaired) electrons. The van der Waals surface area contributed by atoms with Crippen LogP contribution < -0.4 is 15.2 Å². The monoisotopic (exact) mass is 283 g/mol. The molecule has 1 saturated carbocycles. The molecule has 0 amide bonds. The first-order valence-corrected chi connectivity index (χ1v) is 7.01. The van der Waals surface area contributed by atoms with E-state index in [0.29, 0.717) is 23.1 Å². The van der Waals surface area contributed by atoms with E-state index in [4.69, 9.17) is 26.8 Å². The average molecular weight is 284 g/mol. The third-order valence-electron chi connectivity index (χ3n) is 4.35. The second kappa shape index (κ2) is 4.85. The van der Waals surface area contributed by atoms with E-state index in [-0.39, 0.29) is 12.2 Å². The van der Waals surface area contributed by atoms with E-state index < -0.39 is 6.10 Å². The van der Waals surface area contributed by atoms with Gasteiger partial charge in [0.25, 0.3) is 0 Å². The summed E-state index contributed by atoms with van der Waals surface area (Å²) in [6.07, 6.45) is 3.54. The Labute approximate surface area is 117 Å². The quantitative estimate of drug-likeness (QED) is 0.895. The van der Waals surface area contributed by atoms with Gasteiger partial charge in [-0.1, -0.05) is 24.4 Å². The van der Waals surface area contributed by atoms with Crippen LogP contribution in [0.15, 0.2) is 12.1 Å². The zero-order chi connectivity index (χ0) is 13.5. The lowest BCUT2D eigenvalue weighted by Crippen LogP contribution is -2.34. The fourth-order valence-electron chi connectivity index (χ4n) is 3.17. The van der Waals surface area contributed by atoms with Crippen molar-refractivity contribution in [1.82, 2.24) is 0 Å². The summed E-state index contributed by atoms with van der Waals surface area (Å²) in [5.74, 6) is 1.16. The van der Waals surface area contributed by atoms with Crippen LogP contribution in [0.3, 0.4) is 0 Å². The Bertz CT molecular complexity index is 486. The Hall–Kier alpha value is -0.970. The highest BCUT2D eigenvalue weighted by atomic mass is 35.5. The summed E-state index contributed by atoms with van der Waals surface area (Å²) in [6.45, 7) is 0.664. The molecule has 1 fully saturated rings. The summed E-state index contributed by atoms with van der Waals surface area (Å²) in [5, 5.41) is 11.2. The number of halogens is 1. The molecule has 1 atom stereocenters. The lowest BCUT2D eigenvalue weighted by Gasteiger charge is -2.33. The lowest BCUT2D eigenvalue weighted by molar-refractivity contribution is 0.0332. The van der Waals surface area contributed by atoms with E-state index in [9.17, 15) is 5.11 Å². The van der Waals surface area contributed by atoms with Gasteiger partial charge in [0.05, 0.1) is 11.1 Å². The normalized spacial score (nSPS) is 21.6. The maximum absolute atomic E-state index is 10.7. The predicted octanol–water partition coefficient (Wildman–Crippen LogP) is 2.62. The molecule has 3 N–H and O–H groups in total. The minimum Gasteiger partial charge on any atom is -0.454 e. The van der Waals surface area contributed by atoms with Gasteiger partial charge in [-0.3, -0.25) is 0 Å². The van der Waals surface area contributed by atoms with Gasteiger partial charge in [-0.2, -0.15) is 0 Å². The molecule has 2 aliphatic rings. The van der Waals surface area contributed by atoms with E-state index in [0.717, 1.165) is 31.2 Å². The molecule has 0 bridgehead atoms. The summed E-state index contributed by atoms with van der Waals surface area (Å²) < 4.78 is 10.6. The van der Waals surface area contributed by atoms with Crippen molar-refractivity contribution in [2.24, 2.45) is 11.1 Å². The summed E-state index contributed by atoms with van der Waals surface area (Å²) in [4.78, 5) is 0. The number of nitrogens with two attached hydrogens (primary N) is 1. The Balaban J connectivity index is 1.95. The van der Waals surface area contributed by atoms with Gasteiger partial charge in [-0.15, -0.1) is 0 Å². The number of hydrogen-bond donors (Lipinski definition) is 2. The van der Waals surface area contributed by atoms with Crippen molar-refractivity contribution in [2.75, 3.05) is 13.3 Å². The number of hydrogen-bond acceptors (Lipinski definition) is 4. The molecule has 1 unspecified atom stereocenters. The van der Waals surface area contributed by atoms with Gasteiger partial charge >= 0.3 is 0 Å². The highest BCUT2D eigenvalue weighted by Crippen LogP contribution is 2.49. The van der Waals surface area contributed by atoms with Crippen molar-refractivity contribution in [3.8, 4) is 11.5 Å². The van der Waals surface area contributed by atoms with Crippen molar-refractivity contribution in [3.05, 3.63) is 22.7 Å². The Morgan fingerprint density at radius 3 is 2.74 bits per heavy atom. The standard InChI is InChI=1S/C14H18ClNO3/c15-10-5-9(6-11-12(10)19-8-18-11)13(17)14(7-16)3-1-2-4-14/h5-6,13,17H,1-4,7-8,16H2. The fraction of sp³-hybridized carbons (Fsp3) is 0.571. The first-order valence-electron chi connectivity index (χ1n) is 6.63. The van der Waals surface area contributed by atoms with Crippen molar-refractivity contribution in [1.29, 1.82) is 0 Å². The van der Waals surface area contributed by atoms with Crippen LogP contribution in [0.5, 0.6) is 11.5 Å². The van der Waals surface area contributed by atoms with Gasteiger partial charge in [0, 0.05) is 12.0 Å². The van der Waals surface area contributed by atoms with Gasteiger partial charge in [0.15, 0.2) is 11.5 Å².